The third kappa shape index (κ3) is 3.11. The van der Waals surface area contributed by atoms with Crippen molar-refractivity contribution < 1.29 is 9.90 Å². The lowest BCUT2D eigenvalue weighted by atomic mass is 10.1. The van der Waals surface area contributed by atoms with Crippen LogP contribution in [-0.2, 0) is 0 Å². The van der Waals surface area contributed by atoms with Gasteiger partial charge in [0.1, 0.15) is 5.15 Å². The van der Waals surface area contributed by atoms with E-state index < -0.39 is 0 Å². The van der Waals surface area contributed by atoms with Gasteiger partial charge in [0.05, 0.1) is 23.6 Å². The maximum absolute atomic E-state index is 11.9. The van der Waals surface area contributed by atoms with Gasteiger partial charge in [-0.2, -0.15) is 0 Å². The molecule has 1 heterocycles. The van der Waals surface area contributed by atoms with E-state index in [2.05, 4.69) is 10.3 Å². The molecule has 1 aromatic rings. The Labute approximate surface area is 110 Å². The number of rotatable bonds is 3. The number of carbonyl (C=O) groups is 1. The number of aromatic nitrogens is 1. The van der Waals surface area contributed by atoms with E-state index >= 15 is 0 Å². The summed E-state index contributed by atoms with van der Waals surface area (Å²) in [4.78, 5) is 15.7. The third-order valence-corrected chi connectivity index (χ3v) is 3.42. The lowest BCUT2D eigenvalue weighted by Crippen LogP contribution is -2.29. The average Bonchev–Trinajstić information content (AvgIpc) is 2.75. The van der Waals surface area contributed by atoms with Crippen molar-refractivity contribution in [2.75, 3.05) is 12.3 Å². The summed E-state index contributed by atoms with van der Waals surface area (Å²) in [5.41, 5.74) is 6.32. The molecule has 1 amide bonds. The highest BCUT2D eigenvalue weighted by atomic mass is 35.5. The molecule has 98 valence electrons. The van der Waals surface area contributed by atoms with Crippen LogP contribution in [0, 0.1) is 5.92 Å². The van der Waals surface area contributed by atoms with Crippen molar-refractivity contribution in [3.05, 3.63) is 23.0 Å². The molecule has 2 rings (SSSR count). The second-order valence-electron chi connectivity index (χ2n) is 4.64. The fourth-order valence-corrected chi connectivity index (χ4v) is 2.36. The third-order valence-electron chi connectivity index (χ3n) is 3.21. The number of nitrogens with one attached hydrogen (secondary N) is 1. The second-order valence-corrected chi connectivity index (χ2v) is 5.02. The molecule has 1 saturated carbocycles. The summed E-state index contributed by atoms with van der Waals surface area (Å²) < 4.78 is 0. The number of nitrogens with two attached hydrogens (primary N) is 1. The molecule has 1 aliphatic rings. The Morgan fingerprint density at radius 1 is 1.61 bits per heavy atom. The monoisotopic (exact) mass is 269 g/mol. The molecule has 0 aromatic carbocycles. The largest absolute Gasteiger partial charge is 0.397 e. The van der Waals surface area contributed by atoms with E-state index in [4.69, 9.17) is 17.3 Å². The van der Waals surface area contributed by atoms with Crippen LogP contribution in [0.25, 0.3) is 0 Å². The summed E-state index contributed by atoms with van der Waals surface area (Å²) in [7, 11) is 0. The first-order chi connectivity index (χ1) is 8.56. The Bertz CT molecular complexity index is 453. The maximum atomic E-state index is 11.9. The molecule has 2 atom stereocenters. The first-order valence-corrected chi connectivity index (χ1v) is 6.31. The van der Waals surface area contributed by atoms with Gasteiger partial charge in [0.2, 0.25) is 0 Å². The van der Waals surface area contributed by atoms with Gasteiger partial charge in [0.25, 0.3) is 5.91 Å². The molecule has 4 N–H and O–H groups in total. The van der Waals surface area contributed by atoms with Gasteiger partial charge in [-0.3, -0.25) is 4.79 Å². The number of anilines is 1. The second kappa shape index (κ2) is 5.54. The highest BCUT2D eigenvalue weighted by Crippen LogP contribution is 2.24. The van der Waals surface area contributed by atoms with Crippen molar-refractivity contribution in [1.82, 2.24) is 10.3 Å². The number of hydrogen-bond acceptors (Lipinski definition) is 4. The number of carbonyl (C=O) groups excluding carboxylic acids is 1. The van der Waals surface area contributed by atoms with Crippen molar-refractivity contribution in [3.63, 3.8) is 0 Å². The standard InChI is InChI=1S/C12H16ClN3O2/c13-11-4-9(10(14)6-15-11)12(18)16-5-7-1-2-8(17)3-7/h4,6-8,17H,1-3,5,14H2,(H,16,18). The van der Waals surface area contributed by atoms with Gasteiger partial charge < -0.3 is 16.2 Å². The molecular weight excluding hydrogens is 254 g/mol. The van der Waals surface area contributed by atoms with Gasteiger partial charge in [-0.05, 0) is 31.2 Å². The average molecular weight is 270 g/mol. The van der Waals surface area contributed by atoms with E-state index in [0.29, 0.717) is 23.7 Å². The van der Waals surface area contributed by atoms with E-state index in [-0.39, 0.29) is 17.2 Å². The van der Waals surface area contributed by atoms with E-state index in [1.54, 1.807) is 0 Å². The summed E-state index contributed by atoms with van der Waals surface area (Å²) in [6.07, 6.45) is 3.63. The van der Waals surface area contributed by atoms with Crippen LogP contribution in [0.1, 0.15) is 29.6 Å². The smallest absolute Gasteiger partial charge is 0.253 e. The number of aliphatic hydroxyl groups is 1. The predicted octanol–water partition coefficient (Wildman–Crippen LogP) is 1.21. The van der Waals surface area contributed by atoms with Crippen LogP contribution in [0.3, 0.4) is 0 Å². The summed E-state index contributed by atoms with van der Waals surface area (Å²) in [6.45, 7) is 0.551. The van der Waals surface area contributed by atoms with Gasteiger partial charge in [0.15, 0.2) is 0 Å². The molecule has 1 fully saturated rings. The summed E-state index contributed by atoms with van der Waals surface area (Å²) in [5.74, 6) is 0.0840. The molecule has 1 aliphatic carbocycles. The van der Waals surface area contributed by atoms with Crippen molar-refractivity contribution >= 4 is 23.2 Å². The number of nitrogen functional groups attached to an aromatic ring is 1. The normalized spacial score (nSPS) is 23.0. The molecule has 0 spiro atoms. The topological polar surface area (TPSA) is 88.2 Å². The van der Waals surface area contributed by atoms with Crippen LogP contribution in [0.15, 0.2) is 12.3 Å². The van der Waals surface area contributed by atoms with Crippen LogP contribution in [-0.4, -0.2) is 28.6 Å². The SMILES string of the molecule is Nc1cnc(Cl)cc1C(=O)NCC1CCC(O)C1. The first-order valence-electron chi connectivity index (χ1n) is 5.93. The van der Waals surface area contributed by atoms with Gasteiger partial charge >= 0.3 is 0 Å². The Morgan fingerprint density at radius 2 is 2.39 bits per heavy atom. The number of hydrogen-bond donors (Lipinski definition) is 3. The Kier molecular flexibility index (Phi) is 4.04. The van der Waals surface area contributed by atoms with Crippen molar-refractivity contribution in [2.45, 2.75) is 25.4 Å². The van der Waals surface area contributed by atoms with Gasteiger partial charge in [0, 0.05) is 6.54 Å². The highest BCUT2D eigenvalue weighted by molar-refractivity contribution is 6.29. The van der Waals surface area contributed by atoms with E-state index in [1.807, 2.05) is 0 Å². The van der Waals surface area contributed by atoms with Crippen molar-refractivity contribution in [3.8, 4) is 0 Å². The quantitative estimate of drug-likeness (QED) is 0.720. The van der Waals surface area contributed by atoms with Gasteiger partial charge in [-0.1, -0.05) is 11.6 Å². The van der Waals surface area contributed by atoms with E-state index in [0.717, 1.165) is 19.3 Å². The molecule has 18 heavy (non-hydrogen) atoms. The van der Waals surface area contributed by atoms with Gasteiger partial charge in [-0.15, -0.1) is 0 Å². The number of nitrogens with zero attached hydrogens (tertiary/aromatic N) is 1. The predicted molar refractivity (Wildman–Crippen MR) is 69.3 cm³/mol. The lowest BCUT2D eigenvalue weighted by Gasteiger charge is -2.11. The van der Waals surface area contributed by atoms with Crippen molar-refractivity contribution in [2.24, 2.45) is 5.92 Å². The number of amides is 1. The Hall–Kier alpha value is -1.33. The van der Waals surface area contributed by atoms with Crippen LogP contribution in [0.4, 0.5) is 5.69 Å². The van der Waals surface area contributed by atoms with Crippen LogP contribution >= 0.6 is 11.6 Å². The highest BCUT2D eigenvalue weighted by Gasteiger charge is 2.23. The van der Waals surface area contributed by atoms with Crippen LogP contribution in [0.2, 0.25) is 5.15 Å². The summed E-state index contributed by atoms with van der Waals surface area (Å²) in [6, 6.07) is 1.45. The Balaban J connectivity index is 1.93. The summed E-state index contributed by atoms with van der Waals surface area (Å²) in [5, 5.41) is 12.5. The fraction of sp³-hybridized carbons (Fsp3) is 0.500. The molecule has 0 saturated heterocycles. The molecular formula is C12H16ClN3O2. The van der Waals surface area contributed by atoms with Crippen LogP contribution < -0.4 is 11.1 Å². The number of pyridine rings is 1. The molecule has 5 nitrogen and oxygen atoms in total. The molecule has 0 aliphatic heterocycles. The zero-order valence-corrected chi connectivity index (χ0v) is 10.7. The minimum atomic E-state index is -0.252. The molecule has 6 heteroatoms. The molecule has 1 aromatic heterocycles. The minimum Gasteiger partial charge on any atom is -0.397 e. The minimum absolute atomic E-state index is 0.229. The lowest BCUT2D eigenvalue weighted by molar-refractivity contribution is 0.0946. The fourth-order valence-electron chi connectivity index (χ4n) is 2.20. The van der Waals surface area contributed by atoms with Crippen molar-refractivity contribution in [1.29, 1.82) is 0 Å². The zero-order valence-electron chi connectivity index (χ0n) is 9.90. The zero-order chi connectivity index (χ0) is 13.1. The number of aliphatic hydroxyl groups excluding tert-OH is 1. The molecule has 0 radical (unpaired) electrons. The van der Waals surface area contributed by atoms with E-state index in [1.165, 1.54) is 12.3 Å². The summed E-state index contributed by atoms with van der Waals surface area (Å²) >= 11 is 5.73. The first kappa shape index (κ1) is 13.1. The van der Waals surface area contributed by atoms with Gasteiger partial charge in [-0.25, -0.2) is 4.98 Å². The van der Waals surface area contributed by atoms with Crippen LogP contribution in [0.5, 0.6) is 0 Å². The molecule has 2 unspecified atom stereocenters. The molecule has 0 bridgehead atoms. The number of halogens is 1. The van der Waals surface area contributed by atoms with E-state index in [9.17, 15) is 9.90 Å². The maximum Gasteiger partial charge on any atom is 0.253 e. The Morgan fingerprint density at radius 3 is 3.06 bits per heavy atom.